The van der Waals surface area contributed by atoms with Crippen molar-refractivity contribution in [1.82, 2.24) is 4.98 Å². The molecule has 0 radical (unpaired) electrons. The van der Waals surface area contributed by atoms with E-state index in [0.717, 1.165) is 59.9 Å². The van der Waals surface area contributed by atoms with Gasteiger partial charge in [0, 0.05) is 36.8 Å². The molecular weight excluding hydrogens is 332 g/mol. The van der Waals surface area contributed by atoms with E-state index in [1.807, 2.05) is 24.6 Å². The Balaban J connectivity index is 1.98. The summed E-state index contributed by atoms with van der Waals surface area (Å²) in [5, 5.41) is 0. The molecule has 3 rings (SSSR count). The third kappa shape index (κ3) is 5.00. The second-order valence-electron chi connectivity index (χ2n) is 6.39. The van der Waals surface area contributed by atoms with Gasteiger partial charge in [0.2, 0.25) is 0 Å². The molecular formula is C23H26N4. The number of benzene rings is 1. The lowest BCUT2D eigenvalue weighted by molar-refractivity contribution is 0.936. The predicted molar refractivity (Wildman–Crippen MR) is 116 cm³/mol. The second-order valence-corrected chi connectivity index (χ2v) is 6.39. The monoisotopic (exact) mass is 358 g/mol. The van der Waals surface area contributed by atoms with E-state index >= 15 is 0 Å². The fourth-order valence-corrected chi connectivity index (χ4v) is 2.85. The van der Waals surface area contributed by atoms with Crippen molar-refractivity contribution in [3.63, 3.8) is 0 Å². The van der Waals surface area contributed by atoms with Crippen LogP contribution >= 0.6 is 0 Å². The number of nitrogens with zero attached hydrogens (tertiary/aromatic N) is 3. The van der Waals surface area contributed by atoms with Crippen LogP contribution in [0.3, 0.4) is 0 Å². The van der Waals surface area contributed by atoms with Gasteiger partial charge in [-0.25, -0.2) is 4.99 Å². The molecule has 138 valence electrons. The lowest BCUT2D eigenvalue weighted by Gasteiger charge is -2.08. The molecule has 1 aliphatic heterocycles. The average Bonchev–Trinajstić information content (AvgIpc) is 3.34. The Kier molecular flexibility index (Phi) is 6.69. The maximum Gasteiger partial charge on any atom is 0.0816 e. The molecule has 27 heavy (non-hydrogen) atoms. The summed E-state index contributed by atoms with van der Waals surface area (Å²) in [5.41, 5.74) is 6.09. The molecule has 0 saturated heterocycles. The number of aromatic nitrogens is 1. The van der Waals surface area contributed by atoms with Crippen LogP contribution in [-0.4, -0.2) is 36.2 Å². The van der Waals surface area contributed by atoms with Crippen molar-refractivity contribution < 1.29 is 0 Å². The number of aromatic amines is 1. The van der Waals surface area contributed by atoms with E-state index in [1.54, 1.807) is 0 Å². The lowest BCUT2D eigenvalue weighted by Crippen LogP contribution is -1.95. The van der Waals surface area contributed by atoms with Gasteiger partial charge < -0.3 is 4.98 Å². The van der Waals surface area contributed by atoms with Gasteiger partial charge in [0.25, 0.3) is 0 Å². The highest BCUT2D eigenvalue weighted by Crippen LogP contribution is 2.29. The second kappa shape index (κ2) is 9.62. The summed E-state index contributed by atoms with van der Waals surface area (Å²) in [6.07, 6.45) is 9.91. The number of rotatable bonds is 8. The zero-order chi connectivity index (χ0) is 18.9. The molecule has 0 atom stereocenters. The minimum absolute atomic E-state index is 0.828. The number of H-pyrrole nitrogens is 1. The molecule has 1 aliphatic rings. The van der Waals surface area contributed by atoms with Crippen molar-refractivity contribution in [1.29, 1.82) is 0 Å². The fraction of sp³-hybridized carbons (Fsp3) is 0.261. The van der Waals surface area contributed by atoms with Crippen molar-refractivity contribution >= 4 is 23.7 Å². The van der Waals surface area contributed by atoms with E-state index in [0.29, 0.717) is 0 Å². The first kappa shape index (κ1) is 18.8. The SMILES string of the molecule is CCCN=CC1=N/C(=C(/c2ccccc2)c2ccc(C=NCCC)[nH]2)C=C1. The van der Waals surface area contributed by atoms with E-state index in [-0.39, 0.29) is 0 Å². The molecule has 0 unspecified atom stereocenters. The topological polar surface area (TPSA) is 52.9 Å². The first-order valence-electron chi connectivity index (χ1n) is 9.57. The minimum atomic E-state index is 0.828. The normalized spacial score (nSPS) is 15.9. The van der Waals surface area contributed by atoms with Crippen LogP contribution in [0.5, 0.6) is 0 Å². The fourth-order valence-electron chi connectivity index (χ4n) is 2.85. The van der Waals surface area contributed by atoms with Gasteiger partial charge in [0.15, 0.2) is 0 Å². The van der Waals surface area contributed by atoms with Gasteiger partial charge in [0.1, 0.15) is 0 Å². The van der Waals surface area contributed by atoms with Crippen molar-refractivity contribution in [3.05, 3.63) is 77.3 Å². The first-order chi connectivity index (χ1) is 13.3. The van der Waals surface area contributed by atoms with Crippen molar-refractivity contribution in [2.24, 2.45) is 15.0 Å². The van der Waals surface area contributed by atoms with Crippen LogP contribution in [0.2, 0.25) is 0 Å². The van der Waals surface area contributed by atoms with E-state index in [2.05, 4.69) is 71.3 Å². The summed E-state index contributed by atoms with van der Waals surface area (Å²) >= 11 is 0. The molecule has 2 aromatic rings. The summed E-state index contributed by atoms with van der Waals surface area (Å²) in [6.45, 7) is 5.92. The summed E-state index contributed by atoms with van der Waals surface area (Å²) in [5.74, 6) is 0. The molecule has 0 bridgehead atoms. The van der Waals surface area contributed by atoms with Crippen molar-refractivity contribution in [2.45, 2.75) is 26.7 Å². The molecule has 0 amide bonds. The molecule has 0 fully saturated rings. The third-order valence-corrected chi connectivity index (χ3v) is 4.12. The Labute approximate surface area is 161 Å². The van der Waals surface area contributed by atoms with Gasteiger partial charge >= 0.3 is 0 Å². The van der Waals surface area contributed by atoms with Gasteiger partial charge in [-0.3, -0.25) is 9.98 Å². The highest BCUT2D eigenvalue weighted by molar-refractivity contribution is 6.37. The summed E-state index contributed by atoms with van der Waals surface area (Å²) in [7, 11) is 0. The van der Waals surface area contributed by atoms with Gasteiger partial charge in [-0.15, -0.1) is 0 Å². The first-order valence-corrected chi connectivity index (χ1v) is 9.57. The minimum Gasteiger partial charge on any atom is -0.354 e. The molecule has 2 heterocycles. The smallest absolute Gasteiger partial charge is 0.0816 e. The maximum atomic E-state index is 4.78. The van der Waals surface area contributed by atoms with Crippen LogP contribution in [-0.2, 0) is 0 Å². The number of allylic oxidation sites excluding steroid dienone is 2. The van der Waals surface area contributed by atoms with Crippen LogP contribution in [0.4, 0.5) is 0 Å². The molecule has 0 saturated carbocycles. The van der Waals surface area contributed by atoms with Crippen molar-refractivity contribution in [2.75, 3.05) is 13.1 Å². The van der Waals surface area contributed by atoms with Crippen LogP contribution in [0, 0.1) is 0 Å². The zero-order valence-electron chi connectivity index (χ0n) is 16.0. The third-order valence-electron chi connectivity index (χ3n) is 4.12. The van der Waals surface area contributed by atoms with Crippen molar-refractivity contribution in [3.8, 4) is 0 Å². The number of hydrogen-bond donors (Lipinski definition) is 1. The molecule has 1 aromatic carbocycles. The standard InChI is InChI=1S/C23H26N4/c1-3-14-24-16-19-10-12-21(26-19)23(18-8-6-5-7-9-18)22-13-11-20(27-22)17-25-15-4-2/h5-13,16-17,26H,3-4,14-15H2,1-2H3/b23-22-,24-16?,25-17?. The number of hydrogen-bond acceptors (Lipinski definition) is 3. The Morgan fingerprint density at radius 2 is 1.67 bits per heavy atom. The average molecular weight is 358 g/mol. The Hall–Kier alpha value is -3.01. The van der Waals surface area contributed by atoms with E-state index in [9.17, 15) is 0 Å². The van der Waals surface area contributed by atoms with E-state index < -0.39 is 0 Å². The Morgan fingerprint density at radius 1 is 0.926 bits per heavy atom. The van der Waals surface area contributed by atoms with Crippen LogP contribution in [0.1, 0.15) is 43.6 Å². The molecule has 4 nitrogen and oxygen atoms in total. The van der Waals surface area contributed by atoms with Crippen LogP contribution in [0.15, 0.2) is 75.3 Å². The largest absolute Gasteiger partial charge is 0.354 e. The van der Waals surface area contributed by atoms with E-state index in [4.69, 9.17) is 4.99 Å². The van der Waals surface area contributed by atoms with Gasteiger partial charge in [0.05, 0.1) is 17.1 Å². The number of nitrogens with one attached hydrogen (secondary N) is 1. The number of aliphatic imine (C=N–C) groups is 3. The van der Waals surface area contributed by atoms with E-state index in [1.165, 1.54) is 0 Å². The Morgan fingerprint density at radius 3 is 2.41 bits per heavy atom. The molecule has 4 heteroatoms. The highest BCUT2D eigenvalue weighted by atomic mass is 14.8. The molecule has 1 aromatic heterocycles. The predicted octanol–water partition coefficient (Wildman–Crippen LogP) is 5.09. The van der Waals surface area contributed by atoms with Gasteiger partial charge in [-0.2, -0.15) is 0 Å². The maximum absolute atomic E-state index is 4.78. The zero-order valence-corrected chi connectivity index (χ0v) is 16.0. The summed E-state index contributed by atoms with van der Waals surface area (Å²) in [4.78, 5) is 17.1. The van der Waals surface area contributed by atoms with Crippen LogP contribution in [0.25, 0.3) is 5.57 Å². The summed E-state index contributed by atoms with van der Waals surface area (Å²) < 4.78 is 0. The molecule has 0 spiro atoms. The lowest BCUT2D eigenvalue weighted by atomic mass is 10.0. The highest BCUT2D eigenvalue weighted by Gasteiger charge is 2.14. The quantitative estimate of drug-likeness (QED) is 0.639. The summed E-state index contributed by atoms with van der Waals surface area (Å²) in [6, 6.07) is 14.5. The van der Waals surface area contributed by atoms with Gasteiger partial charge in [-0.1, -0.05) is 44.2 Å². The molecule has 1 N–H and O–H groups in total. The van der Waals surface area contributed by atoms with Gasteiger partial charge in [-0.05, 0) is 42.7 Å². The Bertz CT molecular complexity index is 895. The van der Waals surface area contributed by atoms with Crippen LogP contribution < -0.4 is 0 Å². The molecule has 0 aliphatic carbocycles.